The van der Waals surface area contributed by atoms with Gasteiger partial charge in [-0.1, -0.05) is 0 Å². The molecule has 1 saturated carbocycles. The number of carbonyl (C=O) groups is 2. The van der Waals surface area contributed by atoms with E-state index in [0.717, 1.165) is 44.1 Å². The third-order valence-corrected chi connectivity index (χ3v) is 5.83. The van der Waals surface area contributed by atoms with Crippen LogP contribution in [0.25, 0.3) is 0 Å². The highest BCUT2D eigenvalue weighted by molar-refractivity contribution is 5.94. The van der Waals surface area contributed by atoms with Gasteiger partial charge in [0, 0.05) is 32.2 Å². The van der Waals surface area contributed by atoms with Crippen LogP contribution in [0.1, 0.15) is 41.6 Å². The second kappa shape index (κ2) is 9.52. The van der Waals surface area contributed by atoms with Gasteiger partial charge in [0.15, 0.2) is 0 Å². The number of aliphatic carboxylic acids is 1. The summed E-state index contributed by atoms with van der Waals surface area (Å²) in [6.07, 6.45) is 3.13. The van der Waals surface area contributed by atoms with Gasteiger partial charge in [-0.25, -0.2) is 4.79 Å². The van der Waals surface area contributed by atoms with Crippen LogP contribution in [-0.2, 0) is 14.3 Å². The van der Waals surface area contributed by atoms with Gasteiger partial charge < -0.3 is 19.5 Å². The summed E-state index contributed by atoms with van der Waals surface area (Å²) in [7, 11) is 0. The number of rotatable bonds is 6. The highest BCUT2D eigenvalue weighted by Gasteiger charge is 2.54. The highest BCUT2D eigenvalue weighted by atomic mass is 19.4. The number of likely N-dealkylation sites (tertiary alicyclic amines) is 1. The molecule has 3 aliphatic rings. The molecule has 4 rings (SSSR count). The standard InChI is InChI=1S/C19H26N2O3.C2HF3O2/c1-14-8-16(10-20-9-14)18(22)21-12-19(13-21)17(5-7-24-19)4-6-23-11-15-2-3-15;3-2(4,5)1(6)7/h8-10,15,17H,2-7,11-13H2,1H3;(H,6,7). The minimum Gasteiger partial charge on any atom is -0.475 e. The molecule has 0 aromatic carbocycles. The van der Waals surface area contributed by atoms with Crippen molar-refractivity contribution < 1.29 is 37.3 Å². The van der Waals surface area contributed by atoms with Gasteiger partial charge in [-0.15, -0.1) is 0 Å². The van der Waals surface area contributed by atoms with E-state index < -0.39 is 12.1 Å². The Kier molecular flexibility index (Phi) is 7.20. The number of carbonyl (C=O) groups excluding carboxylic acids is 1. The van der Waals surface area contributed by atoms with Crippen molar-refractivity contribution in [2.45, 2.75) is 44.4 Å². The quantitative estimate of drug-likeness (QED) is 0.679. The molecule has 1 aromatic heterocycles. The third-order valence-electron chi connectivity index (χ3n) is 5.83. The number of aryl methyl sites for hydroxylation is 1. The monoisotopic (exact) mass is 444 g/mol. The Labute approximate surface area is 178 Å². The fourth-order valence-corrected chi connectivity index (χ4v) is 3.90. The average Bonchev–Trinajstić information content (AvgIpc) is 3.40. The summed E-state index contributed by atoms with van der Waals surface area (Å²) < 4.78 is 43.6. The summed E-state index contributed by atoms with van der Waals surface area (Å²) in [5.74, 6) is -1.36. The molecule has 172 valence electrons. The predicted molar refractivity (Wildman–Crippen MR) is 104 cm³/mol. The second-order valence-electron chi connectivity index (χ2n) is 8.42. The van der Waals surface area contributed by atoms with E-state index >= 15 is 0 Å². The van der Waals surface area contributed by atoms with Crippen molar-refractivity contribution >= 4 is 11.9 Å². The number of amides is 1. The fourth-order valence-electron chi connectivity index (χ4n) is 3.90. The number of carboxylic acid groups (broad SMARTS) is 1. The molecule has 1 atom stereocenters. The Hall–Kier alpha value is -2.20. The normalized spacial score (nSPS) is 21.9. The molecule has 1 aliphatic carbocycles. The van der Waals surface area contributed by atoms with Crippen LogP contribution in [0.3, 0.4) is 0 Å². The van der Waals surface area contributed by atoms with Gasteiger partial charge in [-0.05, 0) is 56.1 Å². The molecule has 31 heavy (non-hydrogen) atoms. The fraction of sp³-hybridized carbons (Fsp3) is 0.667. The van der Waals surface area contributed by atoms with Crippen molar-refractivity contribution in [1.29, 1.82) is 0 Å². The van der Waals surface area contributed by atoms with E-state index in [-0.39, 0.29) is 11.5 Å². The van der Waals surface area contributed by atoms with E-state index in [2.05, 4.69) is 4.98 Å². The molecule has 1 unspecified atom stereocenters. The second-order valence-corrected chi connectivity index (χ2v) is 8.42. The molecule has 2 aliphatic heterocycles. The van der Waals surface area contributed by atoms with Crippen molar-refractivity contribution in [2.75, 3.05) is 32.9 Å². The number of nitrogens with zero attached hydrogens (tertiary/aromatic N) is 2. The van der Waals surface area contributed by atoms with E-state index in [4.69, 9.17) is 19.4 Å². The number of pyridine rings is 1. The van der Waals surface area contributed by atoms with Gasteiger partial charge in [0.1, 0.15) is 5.60 Å². The first-order valence-electron chi connectivity index (χ1n) is 10.3. The summed E-state index contributed by atoms with van der Waals surface area (Å²) in [6.45, 7) is 5.91. The molecule has 1 N–H and O–H groups in total. The summed E-state index contributed by atoms with van der Waals surface area (Å²) in [5.41, 5.74) is 1.56. The van der Waals surface area contributed by atoms with E-state index in [1.807, 2.05) is 17.9 Å². The average molecular weight is 444 g/mol. The Morgan fingerprint density at radius 3 is 2.55 bits per heavy atom. The number of ether oxygens (including phenoxy) is 2. The van der Waals surface area contributed by atoms with Gasteiger partial charge in [-0.2, -0.15) is 13.2 Å². The van der Waals surface area contributed by atoms with Crippen LogP contribution in [0.2, 0.25) is 0 Å². The van der Waals surface area contributed by atoms with Gasteiger partial charge in [-0.3, -0.25) is 9.78 Å². The largest absolute Gasteiger partial charge is 0.490 e. The summed E-state index contributed by atoms with van der Waals surface area (Å²) >= 11 is 0. The van der Waals surface area contributed by atoms with Gasteiger partial charge >= 0.3 is 12.1 Å². The first-order chi connectivity index (χ1) is 14.6. The van der Waals surface area contributed by atoms with Crippen LogP contribution < -0.4 is 0 Å². The Morgan fingerprint density at radius 2 is 1.97 bits per heavy atom. The molecule has 3 heterocycles. The highest BCUT2D eigenvalue weighted by Crippen LogP contribution is 2.42. The lowest BCUT2D eigenvalue weighted by molar-refractivity contribution is -0.192. The molecule has 2 saturated heterocycles. The minimum absolute atomic E-state index is 0.0658. The minimum atomic E-state index is -5.08. The maximum Gasteiger partial charge on any atom is 0.490 e. The van der Waals surface area contributed by atoms with E-state index in [9.17, 15) is 18.0 Å². The van der Waals surface area contributed by atoms with Gasteiger partial charge in [0.2, 0.25) is 0 Å². The molecular weight excluding hydrogens is 417 g/mol. The van der Waals surface area contributed by atoms with Crippen LogP contribution in [0, 0.1) is 18.8 Å². The van der Waals surface area contributed by atoms with Crippen LogP contribution in [0.15, 0.2) is 18.5 Å². The summed E-state index contributed by atoms with van der Waals surface area (Å²) in [6, 6.07) is 1.90. The SMILES string of the molecule is Cc1cncc(C(=O)N2CC3(C2)OCCC3CCOCC2CC2)c1.O=C(O)C(F)(F)F. The molecule has 0 bridgehead atoms. The van der Waals surface area contributed by atoms with E-state index in [0.29, 0.717) is 24.6 Å². The number of carboxylic acids is 1. The Bertz CT molecular complexity index is 791. The van der Waals surface area contributed by atoms with Crippen LogP contribution in [-0.4, -0.2) is 71.6 Å². The Balaban J connectivity index is 0.000000339. The van der Waals surface area contributed by atoms with Crippen molar-refractivity contribution in [1.82, 2.24) is 9.88 Å². The molecule has 1 aromatic rings. The maximum atomic E-state index is 12.6. The number of hydrogen-bond acceptors (Lipinski definition) is 5. The van der Waals surface area contributed by atoms with Crippen molar-refractivity contribution in [3.8, 4) is 0 Å². The molecule has 0 radical (unpaired) electrons. The lowest BCUT2D eigenvalue weighted by Gasteiger charge is -2.50. The first kappa shape index (κ1) is 23.5. The Morgan fingerprint density at radius 1 is 1.29 bits per heavy atom. The zero-order chi connectivity index (χ0) is 22.6. The van der Waals surface area contributed by atoms with E-state index in [1.165, 1.54) is 12.8 Å². The van der Waals surface area contributed by atoms with Crippen LogP contribution in [0.5, 0.6) is 0 Å². The molecule has 1 amide bonds. The lowest BCUT2D eigenvalue weighted by Crippen LogP contribution is -2.66. The van der Waals surface area contributed by atoms with Crippen molar-refractivity contribution in [3.05, 3.63) is 29.6 Å². The third kappa shape index (κ3) is 6.16. The smallest absolute Gasteiger partial charge is 0.475 e. The van der Waals surface area contributed by atoms with Gasteiger partial charge in [0.25, 0.3) is 5.91 Å². The summed E-state index contributed by atoms with van der Waals surface area (Å²) in [4.78, 5) is 27.5. The molecule has 1 spiro atoms. The van der Waals surface area contributed by atoms with Crippen LogP contribution >= 0.6 is 0 Å². The lowest BCUT2D eigenvalue weighted by atomic mass is 9.79. The van der Waals surface area contributed by atoms with Crippen molar-refractivity contribution in [3.63, 3.8) is 0 Å². The number of halogens is 3. The number of aromatic nitrogens is 1. The molecule has 3 fully saturated rings. The van der Waals surface area contributed by atoms with Crippen molar-refractivity contribution in [2.24, 2.45) is 11.8 Å². The topological polar surface area (TPSA) is 89.0 Å². The predicted octanol–water partition coefficient (Wildman–Crippen LogP) is 3.07. The maximum absolute atomic E-state index is 12.6. The first-order valence-corrected chi connectivity index (χ1v) is 10.3. The molecular formula is C21H27F3N2O5. The number of alkyl halides is 3. The number of hydrogen-bond donors (Lipinski definition) is 1. The summed E-state index contributed by atoms with van der Waals surface area (Å²) in [5, 5.41) is 7.12. The van der Waals surface area contributed by atoms with Crippen LogP contribution in [0.4, 0.5) is 13.2 Å². The van der Waals surface area contributed by atoms with E-state index in [1.54, 1.807) is 12.4 Å². The molecule has 10 heteroatoms. The zero-order valence-corrected chi connectivity index (χ0v) is 17.4. The van der Waals surface area contributed by atoms with Gasteiger partial charge in [0.05, 0.1) is 18.7 Å². The zero-order valence-electron chi connectivity index (χ0n) is 17.4. The molecule has 7 nitrogen and oxygen atoms in total.